The third-order valence-corrected chi connectivity index (χ3v) is 11.4. The van der Waals surface area contributed by atoms with Crippen LogP contribution in [0, 0.1) is 34.8 Å². The Morgan fingerprint density at radius 2 is 1.56 bits per heavy atom. The summed E-state index contributed by atoms with van der Waals surface area (Å²) in [6.07, 6.45) is 4.42. The smallest absolute Gasteiger partial charge is 0.253 e. The number of rotatable bonds is 28. The van der Waals surface area contributed by atoms with Crippen LogP contribution in [0.2, 0.25) is 0 Å². The highest BCUT2D eigenvalue weighted by Crippen LogP contribution is 2.41. The molecule has 1 saturated heterocycles. The Morgan fingerprint density at radius 1 is 0.924 bits per heavy atom. The highest BCUT2D eigenvalue weighted by molar-refractivity contribution is 6.13. The van der Waals surface area contributed by atoms with E-state index in [9.17, 15) is 33.5 Å². The van der Waals surface area contributed by atoms with Gasteiger partial charge in [-0.2, -0.15) is 0 Å². The Balaban J connectivity index is 1.08. The zero-order chi connectivity index (χ0) is 47.6. The third-order valence-electron chi connectivity index (χ3n) is 11.4. The number of benzene rings is 2. The van der Waals surface area contributed by atoms with E-state index in [-0.39, 0.29) is 81.5 Å². The molecule has 17 nitrogen and oxygen atoms in total. The van der Waals surface area contributed by atoms with Gasteiger partial charge in [0.15, 0.2) is 0 Å². The molecule has 2 aliphatic rings. The molecule has 4 atom stereocenters. The first-order valence-corrected chi connectivity index (χ1v) is 22.2. The van der Waals surface area contributed by atoms with Crippen molar-refractivity contribution in [3.05, 3.63) is 89.9 Å². The van der Waals surface area contributed by atoms with Crippen molar-refractivity contribution in [1.82, 2.24) is 30.0 Å². The predicted molar refractivity (Wildman–Crippen MR) is 238 cm³/mol. The van der Waals surface area contributed by atoms with E-state index in [1.807, 2.05) is 55.7 Å². The van der Waals surface area contributed by atoms with Gasteiger partial charge >= 0.3 is 0 Å². The Kier molecular flexibility index (Phi) is 19.9. The largest absolute Gasteiger partial charge is 0.387 e. The van der Waals surface area contributed by atoms with Crippen LogP contribution in [-0.4, -0.2) is 146 Å². The standard InChI is InChI=1S/C47H63F2N7O10/c1-47(2,3)44(46-53-39(37-24-36(48)9-10-38(37)49)29-54(46)27-32-7-5-4-6-8-32)56(43(61)30-57)28-35-26-51-25-33(35)23-34(45(50)62)31-66-22-21-65-20-19-64-18-17-63-16-14-52-40(58)13-15-55-41(59)11-12-42(55)60/h4-12,24,29,33-35,44,51,57H,13-23,25-28,30-31H2,1-3H3,(H2,50,62)(H,52,58)/t33?,34?,35?,44-/m0/s1. The van der Waals surface area contributed by atoms with Gasteiger partial charge in [-0.05, 0) is 60.5 Å². The van der Waals surface area contributed by atoms with Crippen LogP contribution in [0.1, 0.15) is 51.0 Å². The van der Waals surface area contributed by atoms with Crippen molar-refractivity contribution < 1.29 is 56.8 Å². The fourth-order valence-corrected chi connectivity index (χ4v) is 8.08. The number of ether oxygens (including phenoxy) is 4. The molecule has 19 heteroatoms. The van der Waals surface area contributed by atoms with E-state index in [2.05, 4.69) is 10.6 Å². The molecule has 0 bridgehead atoms. The number of hydrogen-bond donors (Lipinski definition) is 4. The number of hydrogen-bond acceptors (Lipinski definition) is 12. The zero-order valence-corrected chi connectivity index (χ0v) is 37.9. The van der Waals surface area contributed by atoms with Crippen LogP contribution < -0.4 is 16.4 Å². The summed E-state index contributed by atoms with van der Waals surface area (Å²) < 4.78 is 53.8. The van der Waals surface area contributed by atoms with Gasteiger partial charge in [-0.25, -0.2) is 13.8 Å². The van der Waals surface area contributed by atoms with Crippen molar-refractivity contribution in [3.63, 3.8) is 0 Å². The van der Waals surface area contributed by atoms with Crippen LogP contribution in [0.25, 0.3) is 11.3 Å². The molecule has 0 aliphatic carbocycles. The van der Waals surface area contributed by atoms with Crippen molar-refractivity contribution in [3.8, 4) is 11.3 Å². The van der Waals surface area contributed by atoms with Crippen LogP contribution in [0.15, 0.2) is 66.9 Å². The maximum atomic E-state index is 15.2. The normalized spacial score (nSPS) is 17.1. The first-order chi connectivity index (χ1) is 31.7. The Labute approximate surface area is 384 Å². The topological polar surface area (TPSA) is 217 Å². The van der Waals surface area contributed by atoms with Crippen LogP contribution in [0.4, 0.5) is 8.78 Å². The second-order valence-electron chi connectivity index (χ2n) is 17.4. The summed E-state index contributed by atoms with van der Waals surface area (Å²) in [6.45, 7) is 9.12. The lowest BCUT2D eigenvalue weighted by molar-refractivity contribution is -0.141. The fraction of sp³-hybridized carbons (Fsp3) is 0.532. The maximum absolute atomic E-state index is 15.2. The molecule has 1 aromatic heterocycles. The number of imidazole rings is 1. The van der Waals surface area contributed by atoms with Crippen molar-refractivity contribution in [1.29, 1.82) is 0 Å². The Bertz CT molecular complexity index is 2100. The summed E-state index contributed by atoms with van der Waals surface area (Å²) >= 11 is 0. The third kappa shape index (κ3) is 15.3. The van der Waals surface area contributed by atoms with Gasteiger partial charge in [0.1, 0.15) is 24.1 Å². The number of amides is 5. The molecular weight excluding hydrogens is 861 g/mol. The fourth-order valence-electron chi connectivity index (χ4n) is 8.08. The summed E-state index contributed by atoms with van der Waals surface area (Å²) in [5.74, 6) is -3.84. The summed E-state index contributed by atoms with van der Waals surface area (Å²) in [5.41, 5.74) is 6.33. The van der Waals surface area contributed by atoms with E-state index in [0.29, 0.717) is 58.3 Å². The molecule has 5 N–H and O–H groups in total. The summed E-state index contributed by atoms with van der Waals surface area (Å²) in [6, 6.07) is 12.1. The van der Waals surface area contributed by atoms with E-state index in [4.69, 9.17) is 29.7 Å². The Hall–Kier alpha value is -5.44. The molecule has 1 fully saturated rings. The van der Waals surface area contributed by atoms with E-state index >= 15 is 4.39 Å². The van der Waals surface area contributed by atoms with E-state index in [1.165, 1.54) is 12.2 Å². The SMILES string of the molecule is CC(C)(C)[C@H](c1nc(-c2cc(F)ccc2F)cn1Cc1ccccc1)N(CC1CNCC1CC(COCCOCCOCCOCCNC(=O)CCN1C(=O)C=CC1=O)C(N)=O)C(=O)CO. The zero-order valence-electron chi connectivity index (χ0n) is 37.9. The minimum atomic E-state index is -0.762. The summed E-state index contributed by atoms with van der Waals surface area (Å²) in [7, 11) is 0. The van der Waals surface area contributed by atoms with Crippen molar-refractivity contribution in [2.45, 2.75) is 46.2 Å². The number of primary amides is 1. The number of carbonyl (C=O) groups excluding carboxylic acids is 5. The van der Waals surface area contributed by atoms with Gasteiger partial charge < -0.3 is 49.9 Å². The molecule has 3 aromatic rings. The Morgan fingerprint density at radius 3 is 2.20 bits per heavy atom. The molecule has 2 aliphatic heterocycles. The number of carbonyl (C=O) groups is 5. The van der Waals surface area contributed by atoms with Gasteiger partial charge in [-0.1, -0.05) is 51.1 Å². The van der Waals surface area contributed by atoms with E-state index in [0.717, 1.165) is 28.7 Å². The number of nitrogens with zero attached hydrogens (tertiary/aromatic N) is 4. The van der Waals surface area contributed by atoms with E-state index < -0.39 is 59.2 Å². The molecule has 5 rings (SSSR count). The van der Waals surface area contributed by atoms with Gasteiger partial charge in [0, 0.05) is 56.5 Å². The average Bonchev–Trinajstić information content (AvgIpc) is 4.00. The second kappa shape index (κ2) is 25.5. The lowest BCUT2D eigenvalue weighted by atomic mass is 9.82. The molecule has 2 aromatic carbocycles. The van der Waals surface area contributed by atoms with Gasteiger partial charge in [-0.15, -0.1) is 0 Å². The van der Waals surface area contributed by atoms with Crippen molar-refractivity contribution in [2.24, 2.45) is 28.9 Å². The number of halogens is 2. The first kappa shape index (κ1) is 51.5. The second-order valence-corrected chi connectivity index (χ2v) is 17.4. The average molecular weight is 924 g/mol. The van der Waals surface area contributed by atoms with Gasteiger partial charge in [0.25, 0.3) is 11.8 Å². The number of aromatic nitrogens is 2. The lowest BCUT2D eigenvalue weighted by Crippen LogP contribution is -2.47. The molecular formula is C47H63F2N7O10. The first-order valence-electron chi connectivity index (χ1n) is 22.2. The summed E-state index contributed by atoms with van der Waals surface area (Å²) in [5, 5.41) is 16.4. The number of nitrogens with two attached hydrogens (primary N) is 1. The van der Waals surface area contributed by atoms with Gasteiger partial charge in [0.05, 0.1) is 70.5 Å². The minimum absolute atomic E-state index is 0.00836. The lowest BCUT2D eigenvalue weighted by Gasteiger charge is -2.41. The van der Waals surface area contributed by atoms with E-state index in [1.54, 1.807) is 11.1 Å². The molecule has 360 valence electrons. The van der Waals surface area contributed by atoms with Crippen LogP contribution in [0.3, 0.4) is 0 Å². The monoisotopic (exact) mass is 923 g/mol. The molecule has 5 amide bonds. The number of aliphatic hydroxyl groups is 1. The summed E-state index contributed by atoms with van der Waals surface area (Å²) in [4.78, 5) is 69.1. The minimum Gasteiger partial charge on any atom is -0.387 e. The predicted octanol–water partition coefficient (Wildman–Crippen LogP) is 2.61. The molecule has 0 saturated carbocycles. The van der Waals surface area contributed by atoms with Crippen LogP contribution >= 0.6 is 0 Å². The molecule has 0 spiro atoms. The van der Waals surface area contributed by atoms with Crippen LogP contribution in [-0.2, 0) is 49.5 Å². The molecule has 3 heterocycles. The van der Waals surface area contributed by atoms with Crippen LogP contribution in [0.5, 0.6) is 0 Å². The number of aliphatic hydroxyl groups excluding tert-OH is 1. The number of imide groups is 1. The molecule has 0 radical (unpaired) electrons. The maximum Gasteiger partial charge on any atom is 0.253 e. The number of nitrogens with one attached hydrogen (secondary N) is 2. The van der Waals surface area contributed by atoms with Crippen molar-refractivity contribution >= 4 is 29.5 Å². The molecule has 66 heavy (non-hydrogen) atoms. The van der Waals surface area contributed by atoms with Gasteiger partial charge in [-0.3, -0.25) is 28.9 Å². The molecule has 3 unspecified atom stereocenters. The van der Waals surface area contributed by atoms with Crippen molar-refractivity contribution in [2.75, 3.05) is 92.2 Å². The quantitative estimate of drug-likeness (QED) is 0.0611. The highest BCUT2D eigenvalue weighted by atomic mass is 19.1. The highest BCUT2D eigenvalue weighted by Gasteiger charge is 2.41. The van der Waals surface area contributed by atoms with Gasteiger partial charge in [0.2, 0.25) is 17.7 Å².